The first kappa shape index (κ1) is 22.7. The average molecular weight is 482 g/mol. The number of rotatable bonds is 5. The van der Waals surface area contributed by atoms with Gasteiger partial charge in [0.2, 0.25) is 0 Å². The van der Waals surface area contributed by atoms with E-state index in [2.05, 4.69) is 5.32 Å². The summed E-state index contributed by atoms with van der Waals surface area (Å²) in [4.78, 5) is 12.7. The van der Waals surface area contributed by atoms with E-state index in [0.29, 0.717) is 12.1 Å². The highest BCUT2D eigenvalue weighted by molar-refractivity contribution is 7.90. The Bertz CT molecular complexity index is 1100. The lowest BCUT2D eigenvalue weighted by Gasteiger charge is -2.70. The molecule has 0 radical (unpaired) electrons. The van der Waals surface area contributed by atoms with Crippen molar-refractivity contribution in [2.24, 2.45) is 11.3 Å². The highest BCUT2D eigenvalue weighted by atomic mass is 32.2. The van der Waals surface area contributed by atoms with E-state index in [0.717, 1.165) is 10.4 Å². The molecule has 3 saturated carbocycles. The van der Waals surface area contributed by atoms with Crippen molar-refractivity contribution in [3.05, 3.63) is 29.3 Å². The van der Waals surface area contributed by atoms with Gasteiger partial charge in [0.15, 0.2) is 0 Å². The molecule has 1 amide bonds. The molecule has 0 aromatic heterocycles. The number of nitriles is 1. The summed E-state index contributed by atoms with van der Waals surface area (Å²) in [7, 11) is -4.26. The van der Waals surface area contributed by atoms with E-state index in [1.807, 2.05) is 10.8 Å². The number of amides is 1. The highest BCUT2D eigenvalue weighted by Gasteiger charge is 2.79. The van der Waals surface area contributed by atoms with Crippen LogP contribution >= 0.6 is 0 Å². The van der Waals surface area contributed by atoms with E-state index in [1.54, 1.807) is 0 Å². The van der Waals surface area contributed by atoms with E-state index < -0.39 is 62.2 Å². The van der Waals surface area contributed by atoms with Crippen LogP contribution in [0.1, 0.15) is 35.2 Å². The number of carbonyl (C=O) groups is 1. The van der Waals surface area contributed by atoms with E-state index in [1.165, 1.54) is 0 Å². The number of nitrogens with zero attached hydrogens (tertiary/aromatic N) is 2. The minimum Gasteiger partial charge on any atom is -0.346 e. The van der Waals surface area contributed by atoms with Gasteiger partial charge in [0, 0.05) is 18.6 Å². The topological polar surface area (TPSA) is 102 Å². The Morgan fingerprint density at radius 3 is 2.22 bits per heavy atom. The van der Waals surface area contributed by atoms with Crippen LogP contribution in [0.25, 0.3) is 0 Å². The Morgan fingerprint density at radius 2 is 1.72 bits per heavy atom. The molecule has 14 heteroatoms. The summed E-state index contributed by atoms with van der Waals surface area (Å²) in [6.07, 6.45) is -10.4. The Labute approximate surface area is 178 Å². The second-order valence-electron chi connectivity index (χ2n) is 8.55. The van der Waals surface area contributed by atoms with Crippen molar-refractivity contribution in [3.63, 3.8) is 0 Å². The van der Waals surface area contributed by atoms with Crippen LogP contribution in [-0.4, -0.2) is 43.4 Å². The molecule has 0 atom stereocenters. The number of carbonyl (C=O) groups excluding carboxylic acids is 1. The van der Waals surface area contributed by atoms with Crippen LogP contribution in [0.3, 0.4) is 0 Å². The van der Waals surface area contributed by atoms with E-state index in [9.17, 15) is 39.6 Å². The monoisotopic (exact) mass is 482 g/mol. The van der Waals surface area contributed by atoms with Crippen LogP contribution in [0.15, 0.2) is 18.2 Å². The second-order valence-corrected chi connectivity index (χ2v) is 10.2. The van der Waals surface area contributed by atoms with Gasteiger partial charge >= 0.3 is 22.6 Å². The summed E-state index contributed by atoms with van der Waals surface area (Å²) in [5, 5.41) is 11.1. The largest absolute Gasteiger partial charge is 0.416 e. The minimum absolute atomic E-state index is 0.114. The first-order valence-corrected chi connectivity index (χ1v) is 10.8. The Morgan fingerprint density at radius 1 is 1.12 bits per heavy atom. The maximum atomic E-state index is 13.1. The summed E-state index contributed by atoms with van der Waals surface area (Å²) in [6.45, 7) is -0.229. The number of alkyl halides is 6. The average Bonchev–Trinajstić information content (AvgIpc) is 2.53. The van der Waals surface area contributed by atoms with Gasteiger partial charge in [-0.25, -0.2) is 0 Å². The molecule has 0 unspecified atom stereocenters. The van der Waals surface area contributed by atoms with Gasteiger partial charge in [0.25, 0.3) is 5.91 Å². The molecule has 1 aromatic rings. The first-order chi connectivity index (χ1) is 14.6. The van der Waals surface area contributed by atoms with Crippen LogP contribution in [0.5, 0.6) is 0 Å². The predicted molar refractivity (Wildman–Crippen MR) is 97.2 cm³/mol. The molecule has 0 spiro atoms. The van der Waals surface area contributed by atoms with Gasteiger partial charge in [-0.2, -0.15) is 44.3 Å². The maximum absolute atomic E-state index is 13.1. The molecule has 3 aliphatic carbocycles. The van der Waals surface area contributed by atoms with Crippen molar-refractivity contribution in [1.29, 1.82) is 5.26 Å². The third-order valence-corrected chi connectivity index (χ3v) is 7.67. The number of anilines is 1. The standard InChI is InChI=1S/C18H16F6N4O3S/c19-17(20,21)11-1-2-13(27-32(30,31)28-5-10(4-25)6-28)12(3-11)14(29)26-16-7-15(8-16,9-16)18(22,23)24/h1-3,10,27H,5-9H2,(H,26,29). The van der Waals surface area contributed by atoms with E-state index >= 15 is 0 Å². The number of hydrogen-bond donors (Lipinski definition) is 2. The van der Waals surface area contributed by atoms with Gasteiger partial charge in [0.1, 0.15) is 0 Å². The molecule has 4 fully saturated rings. The smallest absolute Gasteiger partial charge is 0.346 e. The zero-order chi connectivity index (χ0) is 23.7. The third kappa shape index (κ3) is 3.57. The summed E-state index contributed by atoms with van der Waals surface area (Å²) >= 11 is 0. The number of nitrogens with one attached hydrogen (secondary N) is 2. The molecular weight excluding hydrogens is 466 g/mol. The molecular formula is C18H16F6N4O3S. The van der Waals surface area contributed by atoms with Crippen molar-refractivity contribution < 1.29 is 39.6 Å². The third-order valence-electron chi connectivity index (χ3n) is 6.21. The van der Waals surface area contributed by atoms with Crippen molar-refractivity contribution in [2.45, 2.75) is 37.2 Å². The lowest BCUT2D eigenvalue weighted by molar-refractivity contribution is -0.336. The molecule has 7 nitrogen and oxygen atoms in total. The zero-order valence-corrected chi connectivity index (χ0v) is 17.0. The van der Waals surface area contributed by atoms with Gasteiger partial charge in [0.05, 0.1) is 34.2 Å². The SMILES string of the molecule is N#CC1CN(S(=O)(=O)Nc2ccc(C(F)(F)F)cc2C(=O)NC23CC(C(F)(F)F)(C2)C3)C1. The predicted octanol–water partition coefficient (Wildman–Crippen LogP) is 3.03. The Balaban J connectivity index is 1.56. The zero-order valence-electron chi connectivity index (χ0n) is 16.1. The molecule has 1 aliphatic heterocycles. The molecule has 5 rings (SSSR count). The molecule has 1 aromatic carbocycles. The first-order valence-electron chi connectivity index (χ1n) is 9.38. The Hall–Kier alpha value is -2.53. The molecule has 4 aliphatic rings. The Kier molecular flexibility index (Phi) is 4.77. The molecule has 1 heterocycles. The summed E-state index contributed by atoms with van der Waals surface area (Å²) in [5.74, 6) is -1.63. The summed E-state index contributed by atoms with van der Waals surface area (Å²) in [6, 6.07) is 3.69. The van der Waals surface area contributed by atoms with Crippen molar-refractivity contribution in [3.8, 4) is 6.07 Å². The van der Waals surface area contributed by atoms with Gasteiger partial charge in [-0.1, -0.05) is 0 Å². The fraction of sp³-hybridized carbons (Fsp3) is 0.556. The van der Waals surface area contributed by atoms with Gasteiger partial charge in [-0.15, -0.1) is 0 Å². The normalized spacial score (nSPS) is 28.0. The van der Waals surface area contributed by atoms with Crippen LogP contribution in [0.2, 0.25) is 0 Å². The lowest BCUT2D eigenvalue weighted by Crippen LogP contribution is -2.78. The van der Waals surface area contributed by atoms with Gasteiger partial charge in [-0.05, 0) is 37.5 Å². The number of hydrogen-bond acceptors (Lipinski definition) is 4. The fourth-order valence-electron chi connectivity index (χ4n) is 4.45. The summed E-state index contributed by atoms with van der Waals surface area (Å²) < 4.78 is 106. The van der Waals surface area contributed by atoms with Crippen LogP contribution in [-0.2, 0) is 16.4 Å². The number of halogens is 6. The van der Waals surface area contributed by atoms with Crippen molar-refractivity contribution >= 4 is 21.8 Å². The second kappa shape index (κ2) is 6.74. The summed E-state index contributed by atoms with van der Waals surface area (Å²) in [5.41, 5.74) is -5.38. The quantitative estimate of drug-likeness (QED) is 0.630. The van der Waals surface area contributed by atoms with Crippen LogP contribution < -0.4 is 10.0 Å². The van der Waals surface area contributed by atoms with Crippen molar-refractivity contribution in [1.82, 2.24) is 9.62 Å². The van der Waals surface area contributed by atoms with E-state index in [4.69, 9.17) is 5.26 Å². The minimum atomic E-state index is -4.83. The number of benzene rings is 1. The van der Waals surface area contributed by atoms with E-state index in [-0.39, 0.29) is 32.4 Å². The maximum Gasteiger partial charge on any atom is 0.416 e. The van der Waals surface area contributed by atoms with Crippen LogP contribution in [0.4, 0.5) is 32.0 Å². The van der Waals surface area contributed by atoms with Gasteiger partial charge < -0.3 is 5.32 Å². The molecule has 1 saturated heterocycles. The molecule has 2 bridgehead atoms. The van der Waals surface area contributed by atoms with Crippen LogP contribution in [0, 0.1) is 22.7 Å². The molecule has 2 N–H and O–H groups in total. The fourth-order valence-corrected chi connectivity index (χ4v) is 5.78. The lowest BCUT2D eigenvalue weighted by atomic mass is 9.39. The highest BCUT2D eigenvalue weighted by Crippen LogP contribution is 2.73. The molecule has 174 valence electrons. The molecule has 32 heavy (non-hydrogen) atoms. The van der Waals surface area contributed by atoms with Gasteiger partial charge in [-0.3, -0.25) is 9.52 Å². The van der Waals surface area contributed by atoms with Crippen molar-refractivity contribution in [2.75, 3.05) is 17.8 Å².